The lowest BCUT2D eigenvalue weighted by atomic mass is 10.1. The minimum Gasteiger partial charge on any atom is -0.383 e. The topological polar surface area (TPSA) is 82.2 Å². The molecular formula is C12H11N5. The van der Waals surface area contributed by atoms with Crippen LogP contribution in [0.4, 0.5) is 11.8 Å². The van der Waals surface area contributed by atoms with Gasteiger partial charge in [0, 0.05) is 5.56 Å². The lowest BCUT2D eigenvalue weighted by molar-refractivity contribution is 0.982. The van der Waals surface area contributed by atoms with Crippen LogP contribution in [0.25, 0.3) is 16.8 Å². The van der Waals surface area contributed by atoms with Crippen LogP contribution in [-0.4, -0.2) is 14.6 Å². The molecule has 0 unspecified atom stereocenters. The number of hydrogen-bond donors (Lipinski definition) is 2. The molecule has 0 radical (unpaired) electrons. The molecule has 0 aliphatic heterocycles. The van der Waals surface area contributed by atoms with Gasteiger partial charge in [0.2, 0.25) is 5.95 Å². The number of hydrogen-bond acceptors (Lipinski definition) is 4. The van der Waals surface area contributed by atoms with Crippen molar-refractivity contribution >= 4 is 17.4 Å². The molecule has 1 aromatic carbocycles. The molecule has 2 aromatic heterocycles. The van der Waals surface area contributed by atoms with Crippen molar-refractivity contribution in [2.45, 2.75) is 0 Å². The molecule has 3 aromatic rings. The Morgan fingerprint density at radius 2 is 1.71 bits per heavy atom. The Bertz CT molecular complexity index is 672. The van der Waals surface area contributed by atoms with Crippen molar-refractivity contribution in [1.29, 1.82) is 0 Å². The van der Waals surface area contributed by atoms with E-state index in [0.717, 1.165) is 11.1 Å². The van der Waals surface area contributed by atoms with E-state index in [9.17, 15) is 0 Å². The Balaban J connectivity index is 2.28. The number of rotatable bonds is 1. The lowest BCUT2D eigenvalue weighted by Gasteiger charge is -2.06. The first-order chi connectivity index (χ1) is 8.25. The van der Waals surface area contributed by atoms with Crippen LogP contribution in [0, 0.1) is 0 Å². The second kappa shape index (κ2) is 3.48. The number of anilines is 2. The van der Waals surface area contributed by atoms with E-state index in [2.05, 4.69) is 10.1 Å². The summed E-state index contributed by atoms with van der Waals surface area (Å²) < 4.78 is 1.55. The van der Waals surface area contributed by atoms with Gasteiger partial charge in [-0.25, -0.2) is 0 Å². The standard InChI is InChI=1S/C12H11N5/c13-11-9(8-4-2-1-3-5-8)6-7-10-15-12(14)16-17(10)11/h1-7H,13H2,(H2,14,16). The first-order valence-electron chi connectivity index (χ1n) is 5.22. The fourth-order valence-electron chi connectivity index (χ4n) is 1.85. The van der Waals surface area contributed by atoms with Crippen LogP contribution in [0.1, 0.15) is 0 Å². The molecule has 0 atom stereocenters. The third kappa shape index (κ3) is 1.48. The van der Waals surface area contributed by atoms with Crippen LogP contribution in [0.5, 0.6) is 0 Å². The number of pyridine rings is 1. The summed E-state index contributed by atoms with van der Waals surface area (Å²) in [6.45, 7) is 0. The zero-order valence-corrected chi connectivity index (χ0v) is 9.04. The number of nitrogens with zero attached hydrogens (tertiary/aromatic N) is 3. The minimum atomic E-state index is 0.224. The van der Waals surface area contributed by atoms with Crippen LogP contribution in [0.2, 0.25) is 0 Å². The van der Waals surface area contributed by atoms with Crippen LogP contribution in [-0.2, 0) is 0 Å². The van der Waals surface area contributed by atoms with Gasteiger partial charge in [-0.1, -0.05) is 30.3 Å². The van der Waals surface area contributed by atoms with E-state index >= 15 is 0 Å². The van der Waals surface area contributed by atoms with Crippen LogP contribution < -0.4 is 11.5 Å². The third-order valence-corrected chi connectivity index (χ3v) is 2.64. The number of fused-ring (bicyclic) bond motifs is 1. The van der Waals surface area contributed by atoms with E-state index in [4.69, 9.17) is 11.5 Å². The fourth-order valence-corrected chi connectivity index (χ4v) is 1.85. The molecule has 17 heavy (non-hydrogen) atoms. The molecule has 0 aliphatic rings. The molecule has 0 saturated heterocycles. The SMILES string of the molecule is Nc1nc2ccc(-c3ccccc3)c(N)n2n1. The second-order valence-electron chi connectivity index (χ2n) is 3.74. The Labute approximate surface area is 97.7 Å². The number of nitrogen functional groups attached to an aromatic ring is 2. The second-order valence-corrected chi connectivity index (χ2v) is 3.74. The summed E-state index contributed by atoms with van der Waals surface area (Å²) in [5.74, 6) is 0.764. The maximum atomic E-state index is 6.07. The van der Waals surface area contributed by atoms with Crippen molar-refractivity contribution in [2.75, 3.05) is 11.5 Å². The molecule has 0 bridgehead atoms. The predicted octanol–water partition coefficient (Wildman–Crippen LogP) is 1.56. The molecule has 5 nitrogen and oxygen atoms in total. The molecule has 84 valence electrons. The van der Waals surface area contributed by atoms with Crippen molar-refractivity contribution < 1.29 is 0 Å². The van der Waals surface area contributed by atoms with E-state index in [1.54, 1.807) is 4.52 Å². The van der Waals surface area contributed by atoms with Gasteiger partial charge in [0.05, 0.1) is 0 Å². The zero-order valence-electron chi connectivity index (χ0n) is 9.04. The van der Waals surface area contributed by atoms with Crippen LogP contribution in [0.3, 0.4) is 0 Å². The van der Waals surface area contributed by atoms with Crippen molar-refractivity contribution in [3.8, 4) is 11.1 Å². The van der Waals surface area contributed by atoms with Gasteiger partial charge < -0.3 is 11.5 Å². The largest absolute Gasteiger partial charge is 0.383 e. The normalized spacial score (nSPS) is 10.8. The molecule has 2 heterocycles. The Morgan fingerprint density at radius 3 is 2.47 bits per heavy atom. The molecule has 0 aliphatic carbocycles. The maximum Gasteiger partial charge on any atom is 0.240 e. The molecule has 0 amide bonds. The highest BCUT2D eigenvalue weighted by Gasteiger charge is 2.08. The van der Waals surface area contributed by atoms with E-state index in [0.29, 0.717) is 11.5 Å². The summed E-state index contributed by atoms with van der Waals surface area (Å²) in [7, 11) is 0. The van der Waals surface area contributed by atoms with Crippen molar-refractivity contribution in [2.24, 2.45) is 0 Å². The summed E-state index contributed by atoms with van der Waals surface area (Å²) >= 11 is 0. The molecule has 0 spiro atoms. The van der Waals surface area contributed by atoms with Gasteiger partial charge in [0.25, 0.3) is 0 Å². The van der Waals surface area contributed by atoms with Crippen molar-refractivity contribution in [1.82, 2.24) is 14.6 Å². The average molecular weight is 225 g/mol. The third-order valence-electron chi connectivity index (χ3n) is 2.64. The lowest BCUT2D eigenvalue weighted by Crippen LogP contribution is -2.01. The van der Waals surface area contributed by atoms with Gasteiger partial charge in [0.15, 0.2) is 5.65 Å². The van der Waals surface area contributed by atoms with Crippen LogP contribution >= 0.6 is 0 Å². The monoisotopic (exact) mass is 225 g/mol. The first-order valence-corrected chi connectivity index (χ1v) is 5.22. The maximum absolute atomic E-state index is 6.07. The summed E-state index contributed by atoms with van der Waals surface area (Å²) in [6, 6.07) is 13.7. The molecule has 0 fully saturated rings. The molecule has 3 rings (SSSR count). The van der Waals surface area contributed by atoms with E-state index in [-0.39, 0.29) is 5.95 Å². The predicted molar refractivity (Wildman–Crippen MR) is 67.2 cm³/mol. The van der Waals surface area contributed by atoms with Crippen molar-refractivity contribution in [3.63, 3.8) is 0 Å². The van der Waals surface area contributed by atoms with E-state index in [1.165, 1.54) is 0 Å². The Morgan fingerprint density at radius 1 is 0.941 bits per heavy atom. The van der Waals surface area contributed by atoms with E-state index < -0.39 is 0 Å². The zero-order chi connectivity index (χ0) is 11.8. The Kier molecular flexibility index (Phi) is 1.98. The highest BCUT2D eigenvalue weighted by Crippen LogP contribution is 2.26. The van der Waals surface area contributed by atoms with Gasteiger partial charge in [-0.3, -0.25) is 0 Å². The summed E-state index contributed by atoms with van der Waals surface area (Å²) in [5, 5.41) is 4.06. The van der Waals surface area contributed by atoms with Crippen molar-refractivity contribution in [3.05, 3.63) is 42.5 Å². The summed E-state index contributed by atoms with van der Waals surface area (Å²) in [4.78, 5) is 4.06. The quantitative estimate of drug-likeness (QED) is 0.658. The minimum absolute atomic E-state index is 0.224. The number of nitrogens with two attached hydrogens (primary N) is 2. The molecule has 5 heteroatoms. The summed E-state index contributed by atoms with van der Waals surface area (Å²) in [5.41, 5.74) is 14.2. The number of aromatic nitrogens is 3. The molecule has 4 N–H and O–H groups in total. The van der Waals surface area contributed by atoms with Gasteiger partial charge in [0.1, 0.15) is 5.82 Å². The fraction of sp³-hybridized carbons (Fsp3) is 0. The molecular weight excluding hydrogens is 214 g/mol. The van der Waals surface area contributed by atoms with Gasteiger partial charge in [-0.05, 0) is 17.7 Å². The van der Waals surface area contributed by atoms with Gasteiger partial charge in [-0.2, -0.15) is 9.50 Å². The smallest absolute Gasteiger partial charge is 0.240 e. The highest BCUT2D eigenvalue weighted by atomic mass is 15.3. The highest BCUT2D eigenvalue weighted by molar-refractivity contribution is 5.76. The van der Waals surface area contributed by atoms with Crippen LogP contribution in [0.15, 0.2) is 42.5 Å². The molecule has 0 saturated carbocycles. The average Bonchev–Trinajstić information content (AvgIpc) is 2.72. The Hall–Kier alpha value is -2.56. The van der Waals surface area contributed by atoms with E-state index in [1.807, 2.05) is 42.5 Å². The summed E-state index contributed by atoms with van der Waals surface area (Å²) in [6.07, 6.45) is 0. The van der Waals surface area contributed by atoms with Gasteiger partial charge >= 0.3 is 0 Å². The van der Waals surface area contributed by atoms with Gasteiger partial charge in [-0.15, -0.1) is 5.10 Å². The first kappa shape index (κ1) is 9.65. The number of benzene rings is 1.